The zero-order valence-electron chi connectivity index (χ0n) is 9.75. The summed E-state index contributed by atoms with van der Waals surface area (Å²) in [4.78, 5) is 12.2. The molecule has 3 rings (SSSR count). The van der Waals surface area contributed by atoms with Crippen molar-refractivity contribution in [3.8, 4) is 11.6 Å². The molecule has 19 heavy (non-hydrogen) atoms. The molecule has 0 aliphatic carbocycles. The lowest BCUT2D eigenvalue weighted by Crippen LogP contribution is -1.94. The van der Waals surface area contributed by atoms with E-state index in [1.807, 2.05) is 12.1 Å². The number of nitrogen functional groups attached to an aromatic ring is 1. The Hall–Kier alpha value is -2.21. The molecule has 2 heterocycles. The van der Waals surface area contributed by atoms with Crippen LogP contribution in [0.3, 0.4) is 0 Å². The van der Waals surface area contributed by atoms with Gasteiger partial charge >= 0.3 is 0 Å². The molecule has 0 aliphatic rings. The molecule has 3 aromatic rings. The Kier molecular flexibility index (Phi) is 3.00. The van der Waals surface area contributed by atoms with E-state index in [2.05, 4.69) is 30.9 Å². The molecule has 0 amide bonds. The number of ether oxygens (including phenoxy) is 1. The van der Waals surface area contributed by atoms with E-state index in [9.17, 15) is 0 Å². The van der Waals surface area contributed by atoms with E-state index in [0.29, 0.717) is 27.3 Å². The highest BCUT2D eigenvalue weighted by molar-refractivity contribution is 9.10. The molecular weight excluding hydrogens is 308 g/mol. The molecule has 94 valence electrons. The predicted octanol–water partition coefficient (Wildman–Crippen LogP) is 3.16. The molecular formula is C13H9BrN4O. The normalized spacial score (nSPS) is 10.6. The number of nitrogens with zero attached hydrogens (tertiary/aromatic N) is 3. The van der Waals surface area contributed by atoms with Gasteiger partial charge in [0.25, 0.3) is 0 Å². The maximum atomic E-state index is 5.90. The second-order valence-corrected chi connectivity index (χ2v) is 4.68. The summed E-state index contributed by atoms with van der Waals surface area (Å²) in [5, 5.41) is 0.841. The van der Waals surface area contributed by atoms with E-state index in [1.165, 1.54) is 6.33 Å². The molecule has 0 fully saturated rings. The van der Waals surface area contributed by atoms with Gasteiger partial charge in [-0.2, -0.15) is 0 Å². The number of aromatic nitrogens is 3. The van der Waals surface area contributed by atoms with E-state index >= 15 is 0 Å². The molecule has 2 aromatic heterocycles. The van der Waals surface area contributed by atoms with Gasteiger partial charge in [0, 0.05) is 17.8 Å². The summed E-state index contributed by atoms with van der Waals surface area (Å²) in [5.74, 6) is 1.10. The number of halogens is 1. The van der Waals surface area contributed by atoms with Gasteiger partial charge in [-0.25, -0.2) is 9.97 Å². The Bertz CT molecular complexity index is 748. The van der Waals surface area contributed by atoms with Gasteiger partial charge in [0.15, 0.2) is 0 Å². The maximum absolute atomic E-state index is 5.90. The summed E-state index contributed by atoms with van der Waals surface area (Å²) < 4.78 is 6.47. The molecule has 0 spiro atoms. The molecule has 0 saturated carbocycles. The lowest BCUT2D eigenvalue weighted by atomic mass is 10.2. The van der Waals surface area contributed by atoms with Crippen molar-refractivity contribution in [2.24, 2.45) is 0 Å². The van der Waals surface area contributed by atoms with Crippen molar-refractivity contribution in [3.05, 3.63) is 47.5 Å². The van der Waals surface area contributed by atoms with Crippen molar-refractivity contribution in [3.63, 3.8) is 0 Å². The third-order valence-electron chi connectivity index (χ3n) is 2.60. The Labute approximate surface area is 117 Å². The van der Waals surface area contributed by atoms with Crippen LogP contribution < -0.4 is 10.5 Å². The summed E-state index contributed by atoms with van der Waals surface area (Å²) in [6, 6.07) is 7.31. The van der Waals surface area contributed by atoms with Crippen LogP contribution in [0.5, 0.6) is 11.6 Å². The standard InChI is InChI=1S/C13H9BrN4O/c14-9-6-16-7-18-13(9)19-11-4-3-10(15)12-8(11)2-1-5-17-12/h1-7H,15H2. The van der Waals surface area contributed by atoms with Crippen LogP contribution in [0.15, 0.2) is 47.5 Å². The Morgan fingerprint density at radius 3 is 2.89 bits per heavy atom. The van der Waals surface area contributed by atoms with Crippen molar-refractivity contribution in [2.45, 2.75) is 0 Å². The number of pyridine rings is 1. The van der Waals surface area contributed by atoms with Crippen LogP contribution in [0, 0.1) is 0 Å². The van der Waals surface area contributed by atoms with Crippen LogP contribution in [0.25, 0.3) is 10.9 Å². The first-order chi connectivity index (χ1) is 9.25. The number of hydrogen-bond acceptors (Lipinski definition) is 5. The van der Waals surface area contributed by atoms with Crippen LogP contribution in [0.4, 0.5) is 5.69 Å². The molecule has 5 nitrogen and oxygen atoms in total. The second-order valence-electron chi connectivity index (χ2n) is 3.83. The van der Waals surface area contributed by atoms with Gasteiger partial charge in [0.1, 0.15) is 12.1 Å². The largest absolute Gasteiger partial charge is 0.437 e. The molecule has 0 atom stereocenters. The zero-order valence-corrected chi connectivity index (χ0v) is 11.3. The van der Waals surface area contributed by atoms with Gasteiger partial charge in [-0.1, -0.05) is 0 Å². The SMILES string of the molecule is Nc1ccc(Oc2ncncc2Br)c2cccnc12. The molecule has 2 N–H and O–H groups in total. The minimum atomic E-state index is 0.449. The molecule has 1 aromatic carbocycles. The third kappa shape index (κ3) is 2.22. The van der Waals surface area contributed by atoms with Crippen molar-refractivity contribution in [2.75, 3.05) is 5.73 Å². The fourth-order valence-electron chi connectivity index (χ4n) is 1.74. The monoisotopic (exact) mass is 316 g/mol. The van der Waals surface area contributed by atoms with E-state index in [4.69, 9.17) is 10.5 Å². The van der Waals surface area contributed by atoms with Crippen LogP contribution in [-0.2, 0) is 0 Å². The third-order valence-corrected chi connectivity index (χ3v) is 3.15. The van der Waals surface area contributed by atoms with Crippen molar-refractivity contribution >= 4 is 32.5 Å². The van der Waals surface area contributed by atoms with Crippen molar-refractivity contribution < 1.29 is 4.74 Å². The molecule has 0 saturated heterocycles. The van der Waals surface area contributed by atoms with Crippen LogP contribution >= 0.6 is 15.9 Å². The van der Waals surface area contributed by atoms with Gasteiger partial charge in [-0.3, -0.25) is 4.98 Å². The number of fused-ring (bicyclic) bond motifs is 1. The topological polar surface area (TPSA) is 73.9 Å². The van der Waals surface area contributed by atoms with Gasteiger partial charge in [-0.05, 0) is 40.2 Å². The number of anilines is 1. The van der Waals surface area contributed by atoms with Gasteiger partial charge < -0.3 is 10.5 Å². The van der Waals surface area contributed by atoms with E-state index in [0.717, 1.165) is 5.39 Å². The van der Waals surface area contributed by atoms with Gasteiger partial charge in [0.05, 0.1) is 15.7 Å². The van der Waals surface area contributed by atoms with E-state index in [1.54, 1.807) is 24.5 Å². The van der Waals surface area contributed by atoms with Crippen molar-refractivity contribution in [1.82, 2.24) is 15.0 Å². The minimum Gasteiger partial charge on any atom is -0.437 e. The van der Waals surface area contributed by atoms with Gasteiger partial charge in [-0.15, -0.1) is 0 Å². The van der Waals surface area contributed by atoms with E-state index < -0.39 is 0 Å². The Morgan fingerprint density at radius 2 is 2.05 bits per heavy atom. The summed E-state index contributed by atoms with van der Waals surface area (Å²) in [6.07, 6.45) is 4.75. The Balaban J connectivity index is 2.12. The summed E-state index contributed by atoms with van der Waals surface area (Å²) in [5.41, 5.74) is 7.22. The number of benzene rings is 1. The first-order valence-electron chi connectivity index (χ1n) is 5.52. The van der Waals surface area contributed by atoms with Crippen LogP contribution in [0.1, 0.15) is 0 Å². The molecule has 0 aliphatic heterocycles. The summed E-state index contributed by atoms with van der Waals surface area (Å²) >= 11 is 3.34. The molecule has 0 unspecified atom stereocenters. The predicted molar refractivity (Wildman–Crippen MR) is 76.0 cm³/mol. The van der Waals surface area contributed by atoms with Crippen molar-refractivity contribution in [1.29, 1.82) is 0 Å². The first kappa shape index (κ1) is 11.9. The smallest absolute Gasteiger partial charge is 0.236 e. The average molecular weight is 317 g/mol. The highest BCUT2D eigenvalue weighted by Gasteiger charge is 2.09. The van der Waals surface area contributed by atoms with Crippen LogP contribution in [-0.4, -0.2) is 15.0 Å². The molecule has 0 radical (unpaired) electrons. The van der Waals surface area contributed by atoms with Crippen LogP contribution in [0.2, 0.25) is 0 Å². The first-order valence-corrected chi connectivity index (χ1v) is 6.31. The molecule has 0 bridgehead atoms. The highest BCUT2D eigenvalue weighted by atomic mass is 79.9. The fourth-order valence-corrected chi connectivity index (χ4v) is 2.04. The minimum absolute atomic E-state index is 0.449. The fraction of sp³-hybridized carbons (Fsp3) is 0. The maximum Gasteiger partial charge on any atom is 0.236 e. The number of rotatable bonds is 2. The number of hydrogen-bond donors (Lipinski definition) is 1. The average Bonchev–Trinajstić information content (AvgIpc) is 2.44. The zero-order chi connectivity index (χ0) is 13.2. The Morgan fingerprint density at radius 1 is 1.16 bits per heavy atom. The van der Waals surface area contributed by atoms with Gasteiger partial charge in [0.2, 0.25) is 5.88 Å². The highest BCUT2D eigenvalue weighted by Crippen LogP contribution is 2.33. The molecule has 6 heteroatoms. The summed E-state index contributed by atoms with van der Waals surface area (Å²) in [7, 11) is 0. The second kappa shape index (κ2) is 4.81. The lowest BCUT2D eigenvalue weighted by Gasteiger charge is -2.09. The summed E-state index contributed by atoms with van der Waals surface area (Å²) in [6.45, 7) is 0. The quantitative estimate of drug-likeness (QED) is 0.735. The lowest BCUT2D eigenvalue weighted by molar-refractivity contribution is 0.463. The van der Waals surface area contributed by atoms with E-state index in [-0.39, 0.29) is 0 Å². The number of nitrogens with two attached hydrogens (primary N) is 1.